The van der Waals surface area contributed by atoms with Gasteiger partial charge in [0.15, 0.2) is 11.5 Å². The molecule has 0 unspecified atom stereocenters. The quantitative estimate of drug-likeness (QED) is 0.603. The maximum Gasteiger partial charge on any atom is 0.280 e. The van der Waals surface area contributed by atoms with Crippen molar-refractivity contribution in [1.82, 2.24) is 15.0 Å². The standard InChI is InChI=1S/C19H20BrN5O3/c1-11-4-6-16(28-3)14(8-11)22-19(26)17-18(21)25(24-23-17)10-12-9-13(20)5-7-15(12)27-2/h4-9H,10,21H2,1-3H3,(H,22,26). The van der Waals surface area contributed by atoms with Crippen molar-refractivity contribution in [3.63, 3.8) is 0 Å². The highest BCUT2D eigenvalue weighted by Gasteiger charge is 2.20. The molecular formula is C19H20BrN5O3. The van der Waals surface area contributed by atoms with Crippen LogP contribution in [0.3, 0.4) is 0 Å². The van der Waals surface area contributed by atoms with Gasteiger partial charge >= 0.3 is 0 Å². The van der Waals surface area contributed by atoms with Gasteiger partial charge in [-0.2, -0.15) is 0 Å². The minimum atomic E-state index is -0.464. The Morgan fingerprint density at radius 2 is 1.89 bits per heavy atom. The van der Waals surface area contributed by atoms with E-state index in [1.165, 1.54) is 11.8 Å². The summed E-state index contributed by atoms with van der Waals surface area (Å²) in [7, 11) is 3.13. The Balaban J connectivity index is 1.84. The number of benzene rings is 2. The molecular weight excluding hydrogens is 426 g/mol. The second-order valence-electron chi connectivity index (χ2n) is 6.09. The van der Waals surface area contributed by atoms with E-state index in [9.17, 15) is 4.79 Å². The number of anilines is 2. The van der Waals surface area contributed by atoms with Crippen LogP contribution in [-0.4, -0.2) is 35.1 Å². The Morgan fingerprint density at radius 3 is 2.61 bits per heavy atom. The molecule has 0 fully saturated rings. The first kappa shape index (κ1) is 19.7. The average molecular weight is 446 g/mol. The molecule has 2 aromatic carbocycles. The molecule has 3 N–H and O–H groups in total. The van der Waals surface area contributed by atoms with Crippen LogP contribution in [0.1, 0.15) is 21.6 Å². The number of carbonyl (C=O) groups is 1. The van der Waals surface area contributed by atoms with Gasteiger partial charge in [-0.05, 0) is 42.8 Å². The lowest BCUT2D eigenvalue weighted by molar-refractivity contribution is 0.102. The van der Waals surface area contributed by atoms with E-state index < -0.39 is 5.91 Å². The van der Waals surface area contributed by atoms with E-state index in [1.807, 2.05) is 37.3 Å². The van der Waals surface area contributed by atoms with Crippen LogP contribution < -0.4 is 20.5 Å². The van der Waals surface area contributed by atoms with Crippen LogP contribution in [0.4, 0.5) is 11.5 Å². The first-order chi connectivity index (χ1) is 13.4. The second-order valence-corrected chi connectivity index (χ2v) is 7.01. The van der Waals surface area contributed by atoms with Crippen molar-refractivity contribution >= 4 is 33.3 Å². The molecule has 0 aliphatic carbocycles. The normalized spacial score (nSPS) is 10.6. The number of nitrogens with two attached hydrogens (primary N) is 1. The summed E-state index contributed by atoms with van der Waals surface area (Å²) >= 11 is 3.43. The molecule has 8 nitrogen and oxygen atoms in total. The number of hydrogen-bond acceptors (Lipinski definition) is 6. The number of nitrogen functional groups attached to an aromatic ring is 1. The fourth-order valence-electron chi connectivity index (χ4n) is 2.73. The number of ether oxygens (including phenoxy) is 2. The molecule has 0 atom stereocenters. The largest absolute Gasteiger partial charge is 0.496 e. The highest BCUT2D eigenvalue weighted by molar-refractivity contribution is 9.10. The molecule has 0 radical (unpaired) electrons. The highest BCUT2D eigenvalue weighted by atomic mass is 79.9. The van der Waals surface area contributed by atoms with Gasteiger partial charge in [-0.15, -0.1) is 5.10 Å². The molecule has 0 saturated carbocycles. The van der Waals surface area contributed by atoms with E-state index >= 15 is 0 Å². The monoisotopic (exact) mass is 445 g/mol. The van der Waals surface area contributed by atoms with Gasteiger partial charge in [0.25, 0.3) is 5.91 Å². The average Bonchev–Trinajstić information content (AvgIpc) is 3.03. The van der Waals surface area contributed by atoms with Crippen LogP contribution >= 0.6 is 15.9 Å². The predicted octanol–water partition coefficient (Wildman–Crippen LogP) is 3.25. The van der Waals surface area contributed by atoms with Gasteiger partial charge in [0.05, 0.1) is 26.5 Å². The lowest BCUT2D eigenvalue weighted by Gasteiger charge is -2.11. The number of aromatic nitrogens is 3. The summed E-state index contributed by atoms with van der Waals surface area (Å²) in [4.78, 5) is 12.7. The molecule has 1 aromatic heterocycles. The third-order valence-corrected chi connectivity index (χ3v) is 4.65. The van der Waals surface area contributed by atoms with Crippen molar-refractivity contribution < 1.29 is 14.3 Å². The topological polar surface area (TPSA) is 104 Å². The summed E-state index contributed by atoms with van der Waals surface area (Å²) in [6, 6.07) is 11.1. The summed E-state index contributed by atoms with van der Waals surface area (Å²) in [5.41, 5.74) is 8.53. The van der Waals surface area contributed by atoms with Crippen molar-refractivity contribution in [3.8, 4) is 11.5 Å². The number of amides is 1. The maximum atomic E-state index is 12.7. The summed E-state index contributed by atoms with van der Waals surface area (Å²) in [5.74, 6) is 0.928. The van der Waals surface area contributed by atoms with E-state index in [4.69, 9.17) is 15.2 Å². The fourth-order valence-corrected chi connectivity index (χ4v) is 3.14. The van der Waals surface area contributed by atoms with Crippen molar-refractivity contribution in [2.75, 3.05) is 25.3 Å². The maximum absolute atomic E-state index is 12.7. The Hall–Kier alpha value is -3.07. The van der Waals surface area contributed by atoms with Crippen molar-refractivity contribution in [2.24, 2.45) is 0 Å². The van der Waals surface area contributed by atoms with Crippen molar-refractivity contribution in [3.05, 3.63) is 57.7 Å². The van der Waals surface area contributed by atoms with Crippen LogP contribution in [0.25, 0.3) is 0 Å². The van der Waals surface area contributed by atoms with Gasteiger partial charge in [-0.1, -0.05) is 27.2 Å². The fraction of sp³-hybridized carbons (Fsp3) is 0.211. The summed E-state index contributed by atoms with van der Waals surface area (Å²) in [6.45, 7) is 2.23. The van der Waals surface area contributed by atoms with E-state index in [1.54, 1.807) is 13.2 Å². The molecule has 0 aliphatic heterocycles. The zero-order valence-electron chi connectivity index (χ0n) is 15.7. The SMILES string of the molecule is COc1ccc(Br)cc1Cn1nnc(C(=O)Nc2cc(C)ccc2OC)c1N. The lowest BCUT2D eigenvalue weighted by Crippen LogP contribution is -2.16. The van der Waals surface area contributed by atoms with E-state index in [2.05, 4.69) is 31.6 Å². The molecule has 1 amide bonds. The van der Waals surface area contributed by atoms with Crippen LogP contribution in [-0.2, 0) is 6.54 Å². The van der Waals surface area contributed by atoms with Crippen LogP contribution in [0.15, 0.2) is 40.9 Å². The number of rotatable bonds is 6. The van der Waals surface area contributed by atoms with Crippen LogP contribution in [0.5, 0.6) is 11.5 Å². The predicted molar refractivity (Wildman–Crippen MR) is 110 cm³/mol. The Morgan fingerprint density at radius 1 is 1.18 bits per heavy atom. The smallest absolute Gasteiger partial charge is 0.280 e. The molecule has 1 heterocycles. The van der Waals surface area contributed by atoms with Gasteiger partial charge in [-0.3, -0.25) is 4.79 Å². The first-order valence-electron chi connectivity index (χ1n) is 8.40. The number of hydrogen-bond donors (Lipinski definition) is 2. The molecule has 3 rings (SSSR count). The molecule has 9 heteroatoms. The summed E-state index contributed by atoms with van der Waals surface area (Å²) in [5, 5.41) is 10.7. The number of halogens is 1. The van der Waals surface area contributed by atoms with Crippen molar-refractivity contribution in [2.45, 2.75) is 13.5 Å². The molecule has 0 saturated heterocycles. The number of nitrogens with one attached hydrogen (secondary N) is 1. The van der Waals surface area contributed by atoms with Gasteiger partial charge in [0.1, 0.15) is 11.5 Å². The Bertz CT molecular complexity index is 1020. The van der Waals surface area contributed by atoms with E-state index in [-0.39, 0.29) is 11.5 Å². The minimum Gasteiger partial charge on any atom is -0.496 e. The van der Waals surface area contributed by atoms with E-state index in [0.717, 1.165) is 15.6 Å². The van der Waals surface area contributed by atoms with E-state index in [0.29, 0.717) is 23.7 Å². The van der Waals surface area contributed by atoms with Gasteiger partial charge in [0.2, 0.25) is 0 Å². The second kappa shape index (κ2) is 8.30. The first-order valence-corrected chi connectivity index (χ1v) is 9.19. The number of carbonyl (C=O) groups excluding carboxylic acids is 1. The summed E-state index contributed by atoms with van der Waals surface area (Å²) in [6.07, 6.45) is 0. The van der Waals surface area contributed by atoms with Gasteiger partial charge < -0.3 is 20.5 Å². The molecule has 0 bridgehead atoms. The van der Waals surface area contributed by atoms with Gasteiger partial charge in [0, 0.05) is 10.0 Å². The summed E-state index contributed by atoms with van der Waals surface area (Å²) < 4.78 is 13.0. The third kappa shape index (κ3) is 4.09. The third-order valence-electron chi connectivity index (χ3n) is 4.15. The number of methoxy groups -OCH3 is 2. The number of aryl methyl sites for hydroxylation is 1. The minimum absolute atomic E-state index is 0.0394. The lowest BCUT2D eigenvalue weighted by atomic mass is 10.2. The number of nitrogens with zero attached hydrogens (tertiary/aromatic N) is 3. The molecule has 3 aromatic rings. The zero-order valence-corrected chi connectivity index (χ0v) is 17.3. The Kier molecular flexibility index (Phi) is 5.84. The zero-order chi connectivity index (χ0) is 20.3. The van der Waals surface area contributed by atoms with Gasteiger partial charge in [-0.25, -0.2) is 4.68 Å². The molecule has 28 heavy (non-hydrogen) atoms. The van der Waals surface area contributed by atoms with Crippen LogP contribution in [0.2, 0.25) is 0 Å². The molecule has 0 spiro atoms. The highest BCUT2D eigenvalue weighted by Crippen LogP contribution is 2.27. The van der Waals surface area contributed by atoms with Crippen molar-refractivity contribution in [1.29, 1.82) is 0 Å². The molecule has 0 aliphatic rings. The molecule has 146 valence electrons. The van der Waals surface area contributed by atoms with Crippen LogP contribution in [0, 0.1) is 6.92 Å². The Labute approximate surface area is 170 Å².